The fraction of sp³-hybridized carbons (Fsp3) is 0.300. The molecule has 0 unspecified atom stereocenters. The largest absolute Gasteiger partial charge is 0.416 e. The Hall–Kier alpha value is -1.36. The van der Waals surface area contributed by atoms with E-state index in [2.05, 4.69) is 10.3 Å². The first kappa shape index (κ1) is 10.2. The minimum atomic E-state index is -4.29. The quantitative estimate of drug-likeness (QED) is 0.760. The number of nitrogens with one attached hydrogen (secondary N) is 1. The van der Waals surface area contributed by atoms with Crippen molar-refractivity contribution in [2.75, 3.05) is 13.2 Å². The maximum atomic E-state index is 12.4. The zero-order valence-corrected chi connectivity index (χ0v) is 7.80. The maximum absolute atomic E-state index is 12.4. The second-order valence-corrected chi connectivity index (χ2v) is 3.27. The van der Waals surface area contributed by atoms with Gasteiger partial charge in [-0.3, -0.25) is 10.3 Å². The van der Waals surface area contributed by atoms with Gasteiger partial charge in [-0.15, -0.1) is 0 Å². The van der Waals surface area contributed by atoms with Crippen molar-refractivity contribution < 1.29 is 13.2 Å². The zero-order chi connectivity index (χ0) is 10.9. The van der Waals surface area contributed by atoms with Crippen molar-refractivity contribution in [1.29, 1.82) is 0 Å². The van der Waals surface area contributed by atoms with Crippen molar-refractivity contribution in [2.45, 2.75) is 6.18 Å². The molecule has 0 amide bonds. The Morgan fingerprint density at radius 1 is 1.27 bits per heavy atom. The number of benzene rings is 1. The molecule has 2 rings (SSSR count). The summed E-state index contributed by atoms with van der Waals surface area (Å²) in [5, 5.41) is 2.94. The van der Waals surface area contributed by atoms with Crippen LogP contribution in [0.15, 0.2) is 29.3 Å². The molecule has 0 saturated heterocycles. The number of halogens is 3. The average Bonchev–Trinajstić information content (AvgIpc) is 2.69. The maximum Gasteiger partial charge on any atom is 0.416 e. The highest BCUT2D eigenvalue weighted by Crippen LogP contribution is 2.29. The molecule has 1 heterocycles. The lowest BCUT2D eigenvalue weighted by molar-refractivity contribution is -0.137. The molecular weight excluding hydrogens is 205 g/mol. The Bertz CT molecular complexity index is 396. The number of aliphatic imine (C=N–C) groups is 1. The minimum Gasteiger partial charge on any atom is -0.293 e. The predicted molar refractivity (Wildman–Crippen MR) is 50.9 cm³/mol. The van der Waals surface area contributed by atoms with E-state index in [9.17, 15) is 13.2 Å². The molecule has 1 aliphatic rings. The van der Waals surface area contributed by atoms with E-state index in [1.165, 1.54) is 6.07 Å². The van der Waals surface area contributed by atoms with E-state index in [0.29, 0.717) is 24.5 Å². The summed E-state index contributed by atoms with van der Waals surface area (Å²) >= 11 is 0. The van der Waals surface area contributed by atoms with Crippen molar-refractivity contribution in [3.05, 3.63) is 35.4 Å². The lowest BCUT2D eigenvalue weighted by Crippen LogP contribution is -2.14. The first-order chi connectivity index (χ1) is 7.07. The topological polar surface area (TPSA) is 24.4 Å². The van der Waals surface area contributed by atoms with Crippen LogP contribution in [-0.2, 0) is 6.18 Å². The Morgan fingerprint density at radius 2 is 2.07 bits per heavy atom. The summed E-state index contributed by atoms with van der Waals surface area (Å²) in [5.41, 5.74) is 0.588. The molecule has 2 nitrogen and oxygen atoms in total. The first-order valence-corrected chi connectivity index (χ1v) is 4.49. The summed E-state index contributed by atoms with van der Waals surface area (Å²) in [6.45, 7) is 1.01. The van der Waals surface area contributed by atoms with E-state index in [1.807, 2.05) is 0 Å². The molecule has 0 fully saturated rings. The predicted octanol–water partition coefficient (Wildman–Crippen LogP) is 2.06. The molecule has 80 valence electrons. The second kappa shape index (κ2) is 3.66. The molecule has 0 atom stereocenters. The molecule has 0 radical (unpaired) electrons. The third-order valence-electron chi connectivity index (χ3n) is 2.20. The van der Waals surface area contributed by atoms with Gasteiger partial charge >= 0.3 is 6.18 Å². The van der Waals surface area contributed by atoms with Crippen LogP contribution in [-0.4, -0.2) is 18.9 Å². The van der Waals surface area contributed by atoms with Gasteiger partial charge < -0.3 is 0 Å². The van der Waals surface area contributed by atoms with Crippen LogP contribution in [0.4, 0.5) is 13.2 Å². The average molecular weight is 214 g/mol. The first-order valence-electron chi connectivity index (χ1n) is 4.49. The van der Waals surface area contributed by atoms with Crippen molar-refractivity contribution in [1.82, 2.24) is 5.32 Å². The van der Waals surface area contributed by atoms with E-state index in [1.54, 1.807) is 6.07 Å². The van der Waals surface area contributed by atoms with Crippen LogP contribution < -0.4 is 5.32 Å². The number of nitrogens with zero attached hydrogens (tertiary/aromatic N) is 1. The van der Waals surface area contributed by atoms with Crippen LogP contribution in [0.5, 0.6) is 0 Å². The van der Waals surface area contributed by atoms with Crippen LogP contribution >= 0.6 is 0 Å². The molecule has 1 aliphatic heterocycles. The van der Waals surface area contributed by atoms with Crippen molar-refractivity contribution in [2.24, 2.45) is 4.99 Å². The Morgan fingerprint density at radius 3 is 2.67 bits per heavy atom. The summed E-state index contributed by atoms with van der Waals surface area (Å²) in [6.07, 6.45) is -4.29. The summed E-state index contributed by atoms with van der Waals surface area (Å²) in [6, 6.07) is 5.23. The van der Waals surface area contributed by atoms with E-state index < -0.39 is 11.7 Å². The summed E-state index contributed by atoms with van der Waals surface area (Å²) in [5.74, 6) is 0. The van der Waals surface area contributed by atoms with E-state index in [-0.39, 0.29) is 0 Å². The van der Waals surface area contributed by atoms with Crippen molar-refractivity contribution >= 4 is 5.71 Å². The molecular formula is C10H9F3N2. The van der Waals surface area contributed by atoms with Gasteiger partial charge in [0.25, 0.3) is 0 Å². The lowest BCUT2D eigenvalue weighted by Gasteiger charge is -2.08. The molecule has 0 bridgehead atoms. The van der Waals surface area contributed by atoms with E-state index in [4.69, 9.17) is 0 Å². The Balaban J connectivity index is 2.34. The Labute approximate surface area is 84.8 Å². The summed E-state index contributed by atoms with van der Waals surface area (Å²) < 4.78 is 37.2. The van der Waals surface area contributed by atoms with Crippen LogP contribution in [0.25, 0.3) is 0 Å². The normalized spacial score (nSPS) is 16.6. The molecule has 0 aromatic heterocycles. The minimum absolute atomic E-state index is 0.478. The second-order valence-electron chi connectivity index (χ2n) is 3.27. The summed E-state index contributed by atoms with van der Waals surface area (Å²) in [4.78, 5) is 4.07. The van der Waals surface area contributed by atoms with Crippen molar-refractivity contribution in [3.63, 3.8) is 0 Å². The van der Waals surface area contributed by atoms with Gasteiger partial charge in [0.05, 0.1) is 17.9 Å². The lowest BCUT2D eigenvalue weighted by atomic mass is 10.1. The number of rotatable bonds is 1. The van der Waals surface area contributed by atoms with Gasteiger partial charge in [0, 0.05) is 6.54 Å². The van der Waals surface area contributed by atoms with Gasteiger partial charge in [0.1, 0.15) is 0 Å². The van der Waals surface area contributed by atoms with Crippen LogP contribution in [0, 0.1) is 0 Å². The monoisotopic (exact) mass is 214 g/mol. The molecule has 0 aliphatic carbocycles. The smallest absolute Gasteiger partial charge is 0.293 e. The van der Waals surface area contributed by atoms with Gasteiger partial charge in [-0.1, -0.05) is 12.1 Å². The molecule has 1 N–H and O–H groups in total. The highest BCUT2D eigenvalue weighted by Gasteiger charge is 2.30. The van der Waals surface area contributed by atoms with Gasteiger partial charge in [-0.05, 0) is 17.7 Å². The highest BCUT2D eigenvalue weighted by atomic mass is 19.4. The standard InChI is InChI=1S/C10H9F3N2/c11-10(12,13)8-3-1-2-7(4-8)9-5-14-6-15-9/h1-4,14H,5-6H2. The van der Waals surface area contributed by atoms with Gasteiger partial charge in [-0.25, -0.2) is 0 Å². The number of alkyl halides is 3. The number of hydrogen-bond acceptors (Lipinski definition) is 2. The SMILES string of the molecule is FC(F)(F)c1cccc(C2=NCNC2)c1. The third kappa shape index (κ3) is 2.18. The van der Waals surface area contributed by atoms with Crippen LogP contribution in [0.3, 0.4) is 0 Å². The summed E-state index contributed by atoms with van der Waals surface area (Å²) in [7, 11) is 0. The molecule has 1 aromatic rings. The Kier molecular flexibility index (Phi) is 2.48. The third-order valence-corrected chi connectivity index (χ3v) is 2.20. The van der Waals surface area contributed by atoms with Gasteiger partial charge in [-0.2, -0.15) is 13.2 Å². The van der Waals surface area contributed by atoms with E-state index >= 15 is 0 Å². The fourth-order valence-electron chi connectivity index (χ4n) is 1.45. The highest BCUT2D eigenvalue weighted by molar-refractivity contribution is 6.03. The molecule has 1 aromatic carbocycles. The zero-order valence-electron chi connectivity index (χ0n) is 7.80. The fourth-order valence-corrected chi connectivity index (χ4v) is 1.45. The molecule has 15 heavy (non-hydrogen) atoms. The molecule has 5 heteroatoms. The van der Waals surface area contributed by atoms with Gasteiger partial charge in [0.15, 0.2) is 0 Å². The molecule has 0 spiro atoms. The van der Waals surface area contributed by atoms with Crippen LogP contribution in [0.2, 0.25) is 0 Å². The van der Waals surface area contributed by atoms with E-state index in [0.717, 1.165) is 12.1 Å². The van der Waals surface area contributed by atoms with Crippen molar-refractivity contribution in [3.8, 4) is 0 Å². The number of hydrogen-bond donors (Lipinski definition) is 1. The van der Waals surface area contributed by atoms with Gasteiger partial charge in [0.2, 0.25) is 0 Å². The van der Waals surface area contributed by atoms with Crippen LogP contribution in [0.1, 0.15) is 11.1 Å². The molecule has 0 saturated carbocycles.